The van der Waals surface area contributed by atoms with Crippen LogP contribution < -0.4 is 5.32 Å². The number of allylic oxidation sites excluding steroid dienone is 4. The maximum Gasteiger partial charge on any atom is 0.220 e. The van der Waals surface area contributed by atoms with Crippen LogP contribution in [0.4, 0.5) is 0 Å². The normalized spacial score (nSPS) is 31.9. The molecule has 0 radical (unpaired) electrons. The number of amides is 1. The van der Waals surface area contributed by atoms with Gasteiger partial charge in [-0.05, 0) is 44.9 Å². The maximum atomic E-state index is 13.2. The fraction of sp³-hybridized carbons (Fsp3) is 0.907. The number of carbonyl (C=O) groups excluding carboxylic acids is 1. The van der Waals surface area contributed by atoms with E-state index >= 15 is 0 Å². The first-order valence-corrected chi connectivity index (χ1v) is 28.1. The summed E-state index contributed by atoms with van der Waals surface area (Å²) in [6.45, 7) is 1.70. The van der Waals surface area contributed by atoms with Crippen LogP contribution in [0.2, 0.25) is 0 Å². The lowest BCUT2D eigenvalue weighted by Crippen LogP contribution is -2.66. The predicted octanol–water partition coefficient (Wildman–Crippen LogP) is 3.59. The van der Waals surface area contributed by atoms with Crippen molar-refractivity contribution in [3.05, 3.63) is 24.3 Å². The molecule has 3 fully saturated rings. The summed E-state index contributed by atoms with van der Waals surface area (Å²) in [5.74, 6) is -0.253. The van der Waals surface area contributed by atoms with Crippen LogP contribution in [0.5, 0.6) is 0 Å². The van der Waals surface area contributed by atoms with Crippen molar-refractivity contribution >= 4 is 5.91 Å². The van der Waals surface area contributed by atoms with Crippen molar-refractivity contribution in [3.63, 3.8) is 0 Å². The minimum atomic E-state index is -1.97. The molecule has 73 heavy (non-hydrogen) atoms. The molecular weight excluding hydrogens is 951 g/mol. The van der Waals surface area contributed by atoms with Crippen molar-refractivity contribution in [2.45, 2.75) is 285 Å². The molecule has 428 valence electrons. The van der Waals surface area contributed by atoms with Gasteiger partial charge < -0.3 is 89.9 Å². The molecule has 3 aliphatic heterocycles. The smallest absolute Gasteiger partial charge is 0.220 e. The third-order valence-electron chi connectivity index (χ3n) is 14.3. The zero-order valence-corrected chi connectivity index (χ0v) is 44.1. The number of hydrogen-bond acceptors (Lipinski definition) is 18. The molecule has 3 saturated heterocycles. The van der Waals surface area contributed by atoms with Crippen LogP contribution in [-0.2, 0) is 33.2 Å². The molecule has 0 aromatic carbocycles. The molecule has 0 aliphatic carbocycles. The largest absolute Gasteiger partial charge is 0.394 e. The molecular formula is C54H99NO18. The van der Waals surface area contributed by atoms with Gasteiger partial charge in [-0.1, -0.05) is 154 Å². The van der Waals surface area contributed by atoms with E-state index in [4.69, 9.17) is 28.4 Å². The molecule has 17 atom stereocenters. The number of carbonyl (C=O) groups is 1. The third-order valence-corrected chi connectivity index (χ3v) is 14.3. The molecule has 0 aromatic rings. The first-order chi connectivity index (χ1) is 35.3. The molecule has 12 N–H and O–H groups in total. The average Bonchev–Trinajstić information content (AvgIpc) is 3.39. The number of unbranched alkanes of at least 4 members (excludes halogenated alkanes) is 20. The van der Waals surface area contributed by atoms with Gasteiger partial charge in [-0.3, -0.25) is 4.79 Å². The number of aliphatic hydroxyl groups excluding tert-OH is 11. The molecule has 19 heteroatoms. The molecule has 0 spiro atoms. The van der Waals surface area contributed by atoms with E-state index in [1.54, 1.807) is 0 Å². The van der Waals surface area contributed by atoms with Crippen LogP contribution in [-0.4, -0.2) is 193 Å². The highest BCUT2D eigenvalue weighted by atomic mass is 16.8. The van der Waals surface area contributed by atoms with Crippen molar-refractivity contribution < 1.29 is 89.4 Å². The Morgan fingerprint density at radius 2 is 0.904 bits per heavy atom. The molecule has 19 nitrogen and oxygen atoms in total. The number of ether oxygens (including phenoxy) is 6. The highest BCUT2D eigenvalue weighted by Gasteiger charge is 2.53. The monoisotopic (exact) mass is 1050 g/mol. The van der Waals surface area contributed by atoms with E-state index in [1.165, 1.54) is 77.0 Å². The first kappa shape index (κ1) is 65.6. The van der Waals surface area contributed by atoms with Crippen molar-refractivity contribution in [2.75, 3.05) is 26.4 Å². The average molecular weight is 1050 g/mol. The highest BCUT2D eigenvalue weighted by molar-refractivity contribution is 5.76. The van der Waals surface area contributed by atoms with Crippen LogP contribution in [0.25, 0.3) is 0 Å². The first-order valence-electron chi connectivity index (χ1n) is 28.1. The molecule has 0 saturated carbocycles. The predicted molar refractivity (Wildman–Crippen MR) is 273 cm³/mol. The minimum absolute atomic E-state index is 0.253. The van der Waals surface area contributed by atoms with Crippen molar-refractivity contribution in [3.8, 4) is 0 Å². The maximum absolute atomic E-state index is 13.2. The molecule has 0 bridgehead atoms. The Morgan fingerprint density at radius 1 is 0.493 bits per heavy atom. The summed E-state index contributed by atoms with van der Waals surface area (Å²) in [6.07, 6.45) is 10.3. The topological polar surface area (TPSA) is 307 Å². The van der Waals surface area contributed by atoms with E-state index in [-0.39, 0.29) is 18.9 Å². The fourth-order valence-corrected chi connectivity index (χ4v) is 9.58. The van der Waals surface area contributed by atoms with Crippen molar-refractivity contribution in [1.29, 1.82) is 0 Å². The Balaban J connectivity index is 1.45. The van der Waals surface area contributed by atoms with Gasteiger partial charge in [0.2, 0.25) is 5.91 Å². The van der Waals surface area contributed by atoms with Gasteiger partial charge in [-0.2, -0.15) is 0 Å². The van der Waals surface area contributed by atoms with Crippen LogP contribution in [0.15, 0.2) is 24.3 Å². The number of nitrogens with one attached hydrogen (secondary N) is 1. The van der Waals surface area contributed by atoms with Gasteiger partial charge in [0.1, 0.15) is 73.2 Å². The van der Waals surface area contributed by atoms with Gasteiger partial charge >= 0.3 is 0 Å². The van der Waals surface area contributed by atoms with Crippen LogP contribution in [0.3, 0.4) is 0 Å². The van der Waals surface area contributed by atoms with Gasteiger partial charge in [0.25, 0.3) is 0 Å². The minimum Gasteiger partial charge on any atom is -0.394 e. The zero-order valence-electron chi connectivity index (χ0n) is 44.1. The highest BCUT2D eigenvalue weighted by Crippen LogP contribution is 2.33. The van der Waals surface area contributed by atoms with Gasteiger partial charge in [0.05, 0.1) is 38.6 Å². The quantitative estimate of drug-likeness (QED) is 0.0308. The summed E-state index contributed by atoms with van der Waals surface area (Å²) in [4.78, 5) is 13.2. The SMILES string of the molecule is CCCCCCC/C=C\C/C=C\CCCCCCCCCCCC(=O)NC(COC1OC(CO)C(OC2OC(CO)C(OC3OC(CO)C(O)C(O)C3O)C(O)C2O)C(O)C1O)C(O)CCCCCCCCC. The summed E-state index contributed by atoms with van der Waals surface area (Å²) in [5, 5.41) is 120. The second-order valence-corrected chi connectivity index (χ2v) is 20.4. The molecule has 17 unspecified atom stereocenters. The molecule has 1 amide bonds. The number of rotatable bonds is 40. The molecule has 3 rings (SSSR count). The van der Waals surface area contributed by atoms with E-state index in [0.29, 0.717) is 12.8 Å². The zero-order chi connectivity index (χ0) is 53.4. The summed E-state index contributed by atoms with van der Waals surface area (Å²) in [7, 11) is 0. The van der Waals surface area contributed by atoms with Gasteiger partial charge in [0.15, 0.2) is 18.9 Å². The Kier molecular flexibility index (Phi) is 34.8. The summed E-state index contributed by atoms with van der Waals surface area (Å²) >= 11 is 0. The van der Waals surface area contributed by atoms with Crippen molar-refractivity contribution in [2.24, 2.45) is 0 Å². The summed E-state index contributed by atoms with van der Waals surface area (Å²) < 4.78 is 34.1. The lowest BCUT2D eigenvalue weighted by atomic mass is 9.96. The second-order valence-electron chi connectivity index (χ2n) is 20.4. The van der Waals surface area contributed by atoms with Crippen molar-refractivity contribution in [1.82, 2.24) is 5.32 Å². The van der Waals surface area contributed by atoms with Crippen LogP contribution in [0.1, 0.15) is 181 Å². The van der Waals surface area contributed by atoms with Crippen LogP contribution in [0, 0.1) is 0 Å². The molecule has 3 heterocycles. The van der Waals surface area contributed by atoms with Gasteiger partial charge in [-0.15, -0.1) is 0 Å². The summed E-state index contributed by atoms with van der Waals surface area (Å²) in [5.41, 5.74) is 0. The lowest BCUT2D eigenvalue weighted by Gasteiger charge is -2.48. The van der Waals surface area contributed by atoms with E-state index in [2.05, 4.69) is 43.5 Å². The Bertz CT molecular complexity index is 1440. The van der Waals surface area contributed by atoms with E-state index < -0.39 is 124 Å². The van der Waals surface area contributed by atoms with Gasteiger partial charge in [0, 0.05) is 6.42 Å². The standard InChI is InChI=1S/C54H99NO18/c1-3-5-7-9-11-12-13-14-15-16-17-18-19-20-21-22-23-24-26-28-30-32-42(60)55-37(38(59)31-29-27-25-10-8-6-4-2)36-68-52-48(66)45(63)50(40(34-57)70-52)73-54-49(67)46(64)51(41(35-58)71-54)72-53-47(65)44(62)43(61)39(33-56)69-53/h13-14,16-17,37-41,43-54,56-59,61-67H,3-12,15,18-36H2,1-2H3,(H,55,60)/b14-13-,17-16-. The summed E-state index contributed by atoms with van der Waals surface area (Å²) in [6, 6.07) is -0.884. The van der Waals surface area contributed by atoms with Gasteiger partial charge in [-0.25, -0.2) is 0 Å². The third kappa shape index (κ3) is 23.8. The van der Waals surface area contributed by atoms with E-state index in [1.807, 2.05) is 0 Å². The van der Waals surface area contributed by atoms with E-state index in [0.717, 1.165) is 70.6 Å². The van der Waals surface area contributed by atoms with E-state index in [9.17, 15) is 61.0 Å². The molecule has 3 aliphatic rings. The Morgan fingerprint density at radius 3 is 1.40 bits per heavy atom. The fourth-order valence-electron chi connectivity index (χ4n) is 9.58. The number of hydrogen-bond donors (Lipinski definition) is 12. The number of aliphatic hydroxyl groups is 11. The second kappa shape index (κ2) is 38.8. The lowest BCUT2D eigenvalue weighted by molar-refractivity contribution is -0.379. The van der Waals surface area contributed by atoms with Crippen LogP contribution >= 0.6 is 0 Å². The molecule has 0 aromatic heterocycles. The Hall–Kier alpha value is -1.73. The Labute approximate surface area is 435 Å².